The summed E-state index contributed by atoms with van der Waals surface area (Å²) in [5, 5.41) is 0. The highest BCUT2D eigenvalue weighted by Gasteiger charge is 2.20. The number of aryl methyl sites for hydroxylation is 1. The maximum atomic E-state index is 4.00. The van der Waals surface area contributed by atoms with Crippen molar-refractivity contribution in [1.29, 1.82) is 0 Å². The third-order valence-corrected chi connectivity index (χ3v) is 3.91. The molecule has 0 atom stereocenters. The predicted molar refractivity (Wildman–Crippen MR) is 74.5 cm³/mol. The zero-order chi connectivity index (χ0) is 11.7. The van der Waals surface area contributed by atoms with Crippen LogP contribution in [0.15, 0.2) is 34.6 Å². The summed E-state index contributed by atoms with van der Waals surface area (Å²) >= 11 is 1.84. The van der Waals surface area contributed by atoms with Gasteiger partial charge in [-0.3, -0.25) is 0 Å². The highest BCUT2D eigenvalue weighted by molar-refractivity contribution is 8.06. The quantitative estimate of drug-likeness (QED) is 0.708. The van der Waals surface area contributed by atoms with E-state index in [1.165, 1.54) is 32.1 Å². The second-order valence-corrected chi connectivity index (χ2v) is 5.79. The molecule has 1 aliphatic rings. The zero-order valence-corrected chi connectivity index (χ0v) is 11.1. The topological polar surface area (TPSA) is 0 Å². The Morgan fingerprint density at radius 2 is 2.19 bits per heavy atom. The molecular formula is C15H18S. The van der Waals surface area contributed by atoms with Crippen LogP contribution < -0.4 is 0 Å². The van der Waals surface area contributed by atoms with Gasteiger partial charge in [-0.15, -0.1) is 0 Å². The molecule has 0 N–H and O–H groups in total. The number of fused-ring (bicyclic) bond motifs is 1. The molecule has 0 aliphatic heterocycles. The number of benzene rings is 1. The van der Waals surface area contributed by atoms with Crippen molar-refractivity contribution in [1.82, 2.24) is 0 Å². The van der Waals surface area contributed by atoms with Crippen LogP contribution >= 0.6 is 11.8 Å². The van der Waals surface area contributed by atoms with Gasteiger partial charge in [0.25, 0.3) is 0 Å². The fraction of sp³-hybridized carbons (Fsp3) is 0.333. The lowest BCUT2D eigenvalue weighted by atomic mass is 10.0. The second-order valence-electron chi connectivity index (χ2n) is 4.40. The maximum Gasteiger partial charge on any atom is 0.00469 e. The first kappa shape index (κ1) is 11.5. The van der Waals surface area contributed by atoms with E-state index < -0.39 is 0 Å². The standard InChI is InChI=1S/C15H18S/c1-5-13-14-7-6-11(4)8-12(14)9-15(13)16-10(2)3/h6-8H,2,5,9H2,1,3-4H3. The summed E-state index contributed by atoms with van der Waals surface area (Å²) in [7, 11) is 0. The Morgan fingerprint density at radius 1 is 1.44 bits per heavy atom. The minimum absolute atomic E-state index is 1.09. The minimum atomic E-state index is 1.09. The maximum absolute atomic E-state index is 4.00. The molecule has 0 spiro atoms. The molecule has 0 radical (unpaired) electrons. The average molecular weight is 230 g/mol. The van der Waals surface area contributed by atoms with Gasteiger partial charge in [0.15, 0.2) is 0 Å². The molecule has 84 valence electrons. The van der Waals surface area contributed by atoms with Crippen molar-refractivity contribution in [3.63, 3.8) is 0 Å². The Hall–Kier alpha value is -0.950. The molecule has 16 heavy (non-hydrogen) atoms. The van der Waals surface area contributed by atoms with Crippen molar-refractivity contribution in [2.45, 2.75) is 33.6 Å². The smallest absolute Gasteiger partial charge is 0.00469 e. The van der Waals surface area contributed by atoms with Crippen LogP contribution in [0, 0.1) is 6.92 Å². The summed E-state index contributed by atoms with van der Waals surface area (Å²) in [6.45, 7) is 10.5. The third kappa shape index (κ3) is 2.10. The lowest BCUT2D eigenvalue weighted by molar-refractivity contribution is 1.24. The van der Waals surface area contributed by atoms with E-state index in [9.17, 15) is 0 Å². The minimum Gasteiger partial charge on any atom is -0.0993 e. The molecule has 0 bridgehead atoms. The van der Waals surface area contributed by atoms with Gasteiger partial charge in [0, 0.05) is 6.42 Å². The SMILES string of the molecule is C=C(C)SC1=C(CC)c2ccc(C)cc2C1. The van der Waals surface area contributed by atoms with E-state index in [0.717, 1.165) is 12.8 Å². The van der Waals surface area contributed by atoms with Gasteiger partial charge in [-0.1, -0.05) is 49.0 Å². The van der Waals surface area contributed by atoms with Gasteiger partial charge in [0.2, 0.25) is 0 Å². The summed E-state index contributed by atoms with van der Waals surface area (Å²) in [5.41, 5.74) is 5.82. The first-order valence-electron chi connectivity index (χ1n) is 5.77. The Morgan fingerprint density at radius 3 is 2.81 bits per heavy atom. The van der Waals surface area contributed by atoms with Crippen molar-refractivity contribution in [3.8, 4) is 0 Å². The van der Waals surface area contributed by atoms with E-state index in [4.69, 9.17) is 0 Å². The van der Waals surface area contributed by atoms with Crippen molar-refractivity contribution in [2.24, 2.45) is 0 Å². The normalized spacial score (nSPS) is 14.2. The van der Waals surface area contributed by atoms with Crippen LogP contribution in [0.3, 0.4) is 0 Å². The number of hydrogen-bond donors (Lipinski definition) is 0. The van der Waals surface area contributed by atoms with E-state index in [1.807, 2.05) is 11.8 Å². The largest absolute Gasteiger partial charge is 0.0993 e. The lowest BCUT2D eigenvalue weighted by Gasteiger charge is -2.05. The van der Waals surface area contributed by atoms with E-state index in [0.29, 0.717) is 0 Å². The van der Waals surface area contributed by atoms with Gasteiger partial charge in [0.05, 0.1) is 0 Å². The van der Waals surface area contributed by atoms with E-state index in [2.05, 4.69) is 45.5 Å². The summed E-state index contributed by atoms with van der Waals surface area (Å²) in [6, 6.07) is 6.80. The van der Waals surface area contributed by atoms with Crippen molar-refractivity contribution >= 4 is 17.3 Å². The van der Waals surface area contributed by atoms with Gasteiger partial charge < -0.3 is 0 Å². The molecule has 0 aromatic heterocycles. The first-order valence-corrected chi connectivity index (χ1v) is 6.58. The number of allylic oxidation sites excluding steroid dienone is 3. The van der Waals surface area contributed by atoms with E-state index >= 15 is 0 Å². The summed E-state index contributed by atoms with van der Waals surface area (Å²) in [5.74, 6) is 0. The van der Waals surface area contributed by atoms with E-state index in [1.54, 1.807) is 0 Å². The van der Waals surface area contributed by atoms with Gasteiger partial charge in [-0.2, -0.15) is 0 Å². The first-order chi connectivity index (χ1) is 7.61. The number of hydrogen-bond acceptors (Lipinski definition) is 1. The highest BCUT2D eigenvalue weighted by Crippen LogP contribution is 2.42. The highest BCUT2D eigenvalue weighted by atomic mass is 32.2. The van der Waals surface area contributed by atoms with Gasteiger partial charge in [-0.25, -0.2) is 0 Å². The fourth-order valence-corrected chi connectivity index (χ4v) is 3.31. The Balaban J connectivity index is 2.40. The molecular weight excluding hydrogens is 212 g/mol. The summed E-state index contributed by atoms with van der Waals surface area (Å²) < 4.78 is 0. The van der Waals surface area contributed by atoms with Crippen LogP contribution in [-0.2, 0) is 6.42 Å². The molecule has 0 amide bonds. The molecule has 2 rings (SSSR count). The van der Waals surface area contributed by atoms with Gasteiger partial charge in [-0.05, 0) is 46.8 Å². The molecule has 0 saturated carbocycles. The van der Waals surface area contributed by atoms with Crippen LogP contribution in [-0.4, -0.2) is 0 Å². The van der Waals surface area contributed by atoms with Crippen molar-refractivity contribution in [2.75, 3.05) is 0 Å². The average Bonchev–Trinajstić information content (AvgIpc) is 2.52. The van der Waals surface area contributed by atoms with Gasteiger partial charge in [0.1, 0.15) is 0 Å². The summed E-state index contributed by atoms with van der Waals surface area (Å²) in [6.07, 6.45) is 2.21. The van der Waals surface area contributed by atoms with Crippen LogP contribution in [0.25, 0.3) is 5.57 Å². The lowest BCUT2D eigenvalue weighted by Crippen LogP contribution is -1.84. The molecule has 1 aromatic rings. The molecule has 1 aliphatic carbocycles. The number of rotatable bonds is 3. The van der Waals surface area contributed by atoms with Crippen LogP contribution in [0.1, 0.15) is 37.0 Å². The monoisotopic (exact) mass is 230 g/mol. The molecule has 1 heteroatoms. The zero-order valence-electron chi connectivity index (χ0n) is 10.3. The van der Waals surface area contributed by atoms with Gasteiger partial charge >= 0.3 is 0 Å². The Kier molecular flexibility index (Phi) is 3.25. The molecule has 0 fully saturated rings. The number of thioether (sulfide) groups is 1. The van der Waals surface area contributed by atoms with Crippen LogP contribution in [0.5, 0.6) is 0 Å². The molecule has 0 nitrogen and oxygen atoms in total. The predicted octanol–water partition coefficient (Wildman–Crippen LogP) is 4.94. The summed E-state index contributed by atoms with van der Waals surface area (Å²) in [4.78, 5) is 2.68. The van der Waals surface area contributed by atoms with Crippen LogP contribution in [0.2, 0.25) is 0 Å². The molecule has 0 unspecified atom stereocenters. The molecule has 1 aromatic carbocycles. The molecule has 0 saturated heterocycles. The third-order valence-electron chi connectivity index (χ3n) is 2.92. The van der Waals surface area contributed by atoms with Crippen molar-refractivity contribution < 1.29 is 0 Å². The Labute approximate surface area is 102 Å². The van der Waals surface area contributed by atoms with E-state index in [-0.39, 0.29) is 0 Å². The Bertz CT molecular complexity index is 466. The second kappa shape index (κ2) is 4.50. The van der Waals surface area contributed by atoms with Crippen molar-refractivity contribution in [3.05, 3.63) is 51.3 Å². The molecule has 0 heterocycles. The van der Waals surface area contributed by atoms with Crippen LogP contribution in [0.4, 0.5) is 0 Å². The fourth-order valence-electron chi connectivity index (χ4n) is 2.29.